The molecule has 0 aromatic heterocycles. The number of rotatable bonds is 0. The van der Waals surface area contributed by atoms with E-state index in [-0.39, 0.29) is 51.4 Å². The Bertz CT molecular complexity index is 46.8. The Kier molecular flexibility index (Phi) is 12.4. The zero-order chi connectivity index (χ0) is 4.28. The maximum atomic E-state index is 4.99. The van der Waals surface area contributed by atoms with Gasteiger partial charge in [-0.1, -0.05) is 12.2 Å². The van der Waals surface area contributed by atoms with E-state index < -0.39 is 0 Å². The van der Waals surface area contributed by atoms with Gasteiger partial charge in [0.2, 0.25) is 0 Å². The second kappa shape index (κ2) is 6.88. The third-order valence-electron chi connectivity index (χ3n) is 0.201. The quantitative estimate of drug-likeness (QED) is 0.391. The molecule has 31 valence electrons. The van der Waals surface area contributed by atoms with Crippen LogP contribution in [0.1, 0.15) is 0 Å². The van der Waals surface area contributed by atoms with E-state index in [1.165, 1.54) is 11.8 Å². The summed E-state index contributed by atoms with van der Waals surface area (Å²) in [6, 6.07) is 0. The summed E-state index contributed by atoms with van der Waals surface area (Å²) in [6.07, 6.45) is 1.85. The first kappa shape index (κ1) is 10.8. The largest absolute Gasteiger partial charge is 0.385 e. The van der Waals surface area contributed by atoms with E-state index in [0.717, 1.165) is 0 Å². The van der Waals surface area contributed by atoms with Crippen LogP contribution in [0.2, 0.25) is 0 Å². The molecule has 1 nitrogen and oxygen atoms in total. The Hall–Kier alpha value is 1.88. The second-order valence-corrected chi connectivity index (χ2v) is 2.07. The minimum absolute atomic E-state index is 0. The standard InChI is InChI=1S/C2H5NS2.K/c1-5-2(3)4;/h1H3,(H2,3,4);. The zero-order valence-electron chi connectivity index (χ0n) is 3.89. The molecule has 0 aliphatic heterocycles. The minimum Gasteiger partial charge on any atom is -0.385 e. The van der Waals surface area contributed by atoms with Crippen LogP contribution in [0.4, 0.5) is 0 Å². The minimum atomic E-state index is 0. The molecule has 0 aromatic carbocycles. The first-order chi connectivity index (χ1) is 2.27. The Morgan fingerprint density at radius 2 is 2.00 bits per heavy atom. The summed E-state index contributed by atoms with van der Waals surface area (Å²) < 4.78 is 0.505. The Morgan fingerprint density at radius 1 is 1.83 bits per heavy atom. The third kappa shape index (κ3) is 9.30. The third-order valence-corrected chi connectivity index (χ3v) is 1.10. The average Bonchev–Trinajstić information content (AvgIpc) is 1.38. The number of thioether (sulfide) groups is 1. The van der Waals surface area contributed by atoms with E-state index in [1.807, 2.05) is 6.26 Å². The number of hydrogen-bond acceptors (Lipinski definition) is 2. The molecule has 0 fully saturated rings. The van der Waals surface area contributed by atoms with E-state index in [0.29, 0.717) is 4.32 Å². The summed E-state index contributed by atoms with van der Waals surface area (Å²) in [4.78, 5) is 0. The molecule has 0 rings (SSSR count). The zero-order valence-corrected chi connectivity index (χ0v) is 8.65. The molecule has 0 saturated carbocycles. The molecule has 4 heteroatoms. The molecule has 0 saturated heterocycles. The number of thiocarbonyl (C=S) groups is 1. The molecule has 0 heterocycles. The van der Waals surface area contributed by atoms with Gasteiger partial charge in [0.15, 0.2) is 0 Å². The fourth-order valence-corrected chi connectivity index (χ4v) is 0. The molecule has 0 aliphatic carbocycles. The molecule has 0 aromatic rings. The van der Waals surface area contributed by atoms with Crippen molar-refractivity contribution >= 4 is 79.7 Å². The SMILES string of the molecule is CSC(N)=S.[K]. The van der Waals surface area contributed by atoms with Gasteiger partial charge in [0.25, 0.3) is 0 Å². The van der Waals surface area contributed by atoms with Gasteiger partial charge in [-0.15, -0.1) is 11.8 Å². The van der Waals surface area contributed by atoms with E-state index in [1.54, 1.807) is 0 Å². The summed E-state index contributed by atoms with van der Waals surface area (Å²) in [5.41, 5.74) is 4.99. The average molecular weight is 146 g/mol. The predicted octanol–water partition coefficient (Wildman–Crippen LogP) is 0.212. The van der Waals surface area contributed by atoms with Gasteiger partial charge in [-0.05, 0) is 6.26 Å². The number of nitrogens with two attached hydrogens (primary N) is 1. The Labute approximate surface area is 89.8 Å². The van der Waals surface area contributed by atoms with Gasteiger partial charge in [-0.2, -0.15) is 0 Å². The first-order valence-electron chi connectivity index (χ1n) is 1.11. The Balaban J connectivity index is 0. The van der Waals surface area contributed by atoms with Gasteiger partial charge < -0.3 is 5.73 Å². The molecule has 0 spiro atoms. The molecule has 2 N–H and O–H groups in total. The van der Waals surface area contributed by atoms with Crippen molar-refractivity contribution in [3.63, 3.8) is 0 Å². The van der Waals surface area contributed by atoms with E-state index in [4.69, 9.17) is 5.73 Å². The van der Waals surface area contributed by atoms with Crippen LogP contribution in [0.15, 0.2) is 0 Å². The summed E-state index contributed by atoms with van der Waals surface area (Å²) in [5, 5.41) is 0. The summed E-state index contributed by atoms with van der Waals surface area (Å²) in [7, 11) is 0. The van der Waals surface area contributed by atoms with Crippen LogP contribution in [-0.4, -0.2) is 62.0 Å². The van der Waals surface area contributed by atoms with E-state index >= 15 is 0 Å². The smallest absolute Gasteiger partial charge is 0.130 e. The summed E-state index contributed by atoms with van der Waals surface area (Å²) in [6.45, 7) is 0. The fraction of sp³-hybridized carbons (Fsp3) is 0.500. The fourth-order valence-electron chi connectivity index (χ4n) is 0. The summed E-state index contributed by atoms with van der Waals surface area (Å²) >= 11 is 5.83. The van der Waals surface area contributed by atoms with Crippen molar-refractivity contribution in [2.45, 2.75) is 0 Å². The van der Waals surface area contributed by atoms with Crippen LogP contribution >= 0.6 is 24.0 Å². The van der Waals surface area contributed by atoms with Crippen LogP contribution in [-0.2, 0) is 0 Å². The number of hydrogen-bond donors (Lipinski definition) is 1. The molecule has 0 atom stereocenters. The van der Waals surface area contributed by atoms with Gasteiger partial charge >= 0.3 is 0 Å². The van der Waals surface area contributed by atoms with Gasteiger partial charge in [0.05, 0.1) is 0 Å². The molecule has 0 bridgehead atoms. The molecular formula is C2H5KNS2. The predicted molar refractivity (Wildman–Crippen MR) is 36.1 cm³/mol. The molecule has 6 heavy (non-hydrogen) atoms. The monoisotopic (exact) mass is 146 g/mol. The summed E-state index contributed by atoms with van der Waals surface area (Å²) in [5.74, 6) is 0. The normalized spacial score (nSPS) is 6.17. The maximum absolute atomic E-state index is 4.99. The Morgan fingerprint density at radius 3 is 2.00 bits per heavy atom. The van der Waals surface area contributed by atoms with Crippen LogP contribution in [0, 0.1) is 0 Å². The van der Waals surface area contributed by atoms with Gasteiger partial charge in [-0.25, -0.2) is 0 Å². The maximum Gasteiger partial charge on any atom is 0.130 e. The van der Waals surface area contributed by atoms with Crippen molar-refractivity contribution in [1.29, 1.82) is 0 Å². The molecular weight excluding hydrogens is 141 g/mol. The van der Waals surface area contributed by atoms with Crippen molar-refractivity contribution < 1.29 is 0 Å². The van der Waals surface area contributed by atoms with E-state index in [2.05, 4.69) is 12.2 Å². The van der Waals surface area contributed by atoms with Gasteiger partial charge in [-0.3, -0.25) is 0 Å². The molecule has 0 amide bonds. The van der Waals surface area contributed by atoms with Crippen molar-refractivity contribution in [1.82, 2.24) is 0 Å². The van der Waals surface area contributed by atoms with Crippen molar-refractivity contribution in [3.8, 4) is 0 Å². The van der Waals surface area contributed by atoms with Gasteiger partial charge in [0, 0.05) is 51.4 Å². The molecule has 0 unspecified atom stereocenters. The van der Waals surface area contributed by atoms with Crippen LogP contribution < -0.4 is 5.73 Å². The van der Waals surface area contributed by atoms with Crippen LogP contribution in [0.5, 0.6) is 0 Å². The van der Waals surface area contributed by atoms with Gasteiger partial charge in [0.1, 0.15) is 4.32 Å². The molecule has 1 radical (unpaired) electrons. The topological polar surface area (TPSA) is 26.0 Å². The first-order valence-corrected chi connectivity index (χ1v) is 2.74. The van der Waals surface area contributed by atoms with Crippen molar-refractivity contribution in [2.24, 2.45) is 5.73 Å². The molecule has 0 aliphatic rings. The van der Waals surface area contributed by atoms with E-state index in [9.17, 15) is 0 Å². The van der Waals surface area contributed by atoms with Crippen molar-refractivity contribution in [2.75, 3.05) is 6.26 Å². The second-order valence-electron chi connectivity index (χ2n) is 0.523. The van der Waals surface area contributed by atoms with Crippen LogP contribution in [0.25, 0.3) is 0 Å². The van der Waals surface area contributed by atoms with Crippen molar-refractivity contribution in [3.05, 3.63) is 0 Å². The van der Waals surface area contributed by atoms with Crippen LogP contribution in [0.3, 0.4) is 0 Å².